The lowest BCUT2D eigenvalue weighted by molar-refractivity contribution is 0.1000. The van der Waals surface area contributed by atoms with Gasteiger partial charge in [0.1, 0.15) is 0 Å². The van der Waals surface area contributed by atoms with Gasteiger partial charge < -0.3 is 20.0 Å². The quantitative estimate of drug-likeness (QED) is 0.773. The standard InChI is InChI=1S/2C7H15NO/c2*1-8(2)6-4-3-5-7(6)9/h2*6-7,9H,3-5H2,1-2H3/t2*6-,7-/m10/s1. The highest BCUT2D eigenvalue weighted by Crippen LogP contribution is 2.22. The predicted octanol–water partition coefficient (Wildman–Crippen LogP) is 0.923. The number of rotatable bonds is 2. The molecule has 2 saturated carbocycles. The smallest absolute Gasteiger partial charge is 0.0695 e. The van der Waals surface area contributed by atoms with Crippen LogP contribution in [0, 0.1) is 0 Å². The molecule has 2 N–H and O–H groups in total. The minimum Gasteiger partial charge on any atom is -0.391 e. The Kier molecular flexibility index (Phi) is 6.57. The molecule has 0 amide bonds. The summed E-state index contributed by atoms with van der Waals surface area (Å²) in [5.74, 6) is 0. The average molecular weight is 258 g/mol. The van der Waals surface area contributed by atoms with E-state index in [1.807, 2.05) is 28.2 Å². The van der Waals surface area contributed by atoms with Crippen LogP contribution in [0.5, 0.6) is 0 Å². The zero-order chi connectivity index (χ0) is 13.7. The number of aliphatic hydroxyl groups is 2. The number of hydrogen-bond donors (Lipinski definition) is 2. The van der Waals surface area contributed by atoms with Crippen molar-refractivity contribution in [2.45, 2.75) is 62.8 Å². The van der Waals surface area contributed by atoms with Crippen molar-refractivity contribution < 1.29 is 10.2 Å². The molecule has 4 atom stereocenters. The van der Waals surface area contributed by atoms with Gasteiger partial charge in [-0.2, -0.15) is 0 Å². The van der Waals surface area contributed by atoms with Gasteiger partial charge >= 0.3 is 0 Å². The van der Waals surface area contributed by atoms with Gasteiger partial charge in [0.2, 0.25) is 0 Å². The van der Waals surface area contributed by atoms with E-state index in [0.29, 0.717) is 12.1 Å². The van der Waals surface area contributed by atoms with Crippen molar-refractivity contribution in [1.82, 2.24) is 9.80 Å². The van der Waals surface area contributed by atoms with E-state index in [4.69, 9.17) is 0 Å². The van der Waals surface area contributed by atoms with Gasteiger partial charge in [-0.3, -0.25) is 0 Å². The van der Waals surface area contributed by atoms with Crippen LogP contribution in [0.25, 0.3) is 0 Å². The molecule has 2 aliphatic rings. The van der Waals surface area contributed by atoms with Crippen LogP contribution in [0.2, 0.25) is 0 Å². The highest BCUT2D eigenvalue weighted by atomic mass is 16.3. The third-order valence-electron chi connectivity index (χ3n) is 4.21. The second kappa shape index (κ2) is 7.43. The van der Waals surface area contributed by atoms with E-state index in [9.17, 15) is 10.2 Å². The Balaban J connectivity index is 0.000000180. The van der Waals surface area contributed by atoms with Gasteiger partial charge in [-0.05, 0) is 66.7 Å². The molecule has 0 aromatic heterocycles. The molecule has 0 bridgehead atoms. The lowest BCUT2D eigenvalue weighted by Crippen LogP contribution is -2.34. The molecular weight excluding hydrogens is 228 g/mol. The van der Waals surface area contributed by atoms with Gasteiger partial charge in [0, 0.05) is 12.1 Å². The molecule has 2 rings (SSSR count). The Bertz CT molecular complexity index is 210. The summed E-state index contributed by atoms with van der Waals surface area (Å²) in [6.45, 7) is 0. The molecule has 0 unspecified atom stereocenters. The van der Waals surface area contributed by atoms with Crippen LogP contribution in [-0.2, 0) is 0 Å². The largest absolute Gasteiger partial charge is 0.391 e. The van der Waals surface area contributed by atoms with Crippen molar-refractivity contribution in [1.29, 1.82) is 0 Å². The first kappa shape index (κ1) is 15.9. The van der Waals surface area contributed by atoms with Crippen LogP contribution >= 0.6 is 0 Å². The molecule has 108 valence electrons. The Morgan fingerprint density at radius 2 is 1.00 bits per heavy atom. The highest BCUT2D eigenvalue weighted by molar-refractivity contribution is 4.82. The molecule has 18 heavy (non-hydrogen) atoms. The highest BCUT2D eigenvalue weighted by Gasteiger charge is 2.26. The molecule has 0 heterocycles. The van der Waals surface area contributed by atoms with E-state index >= 15 is 0 Å². The molecule has 4 nitrogen and oxygen atoms in total. The van der Waals surface area contributed by atoms with Gasteiger partial charge in [-0.1, -0.05) is 0 Å². The zero-order valence-corrected chi connectivity index (χ0v) is 12.3. The zero-order valence-electron chi connectivity index (χ0n) is 12.3. The maximum atomic E-state index is 9.32. The van der Waals surface area contributed by atoms with Gasteiger partial charge in [0.05, 0.1) is 12.2 Å². The summed E-state index contributed by atoms with van der Waals surface area (Å²) >= 11 is 0. The first-order valence-electron chi connectivity index (χ1n) is 7.12. The monoisotopic (exact) mass is 258 g/mol. The number of likely N-dealkylation sites (N-methyl/N-ethyl adjacent to an activating group) is 2. The van der Waals surface area contributed by atoms with Crippen LogP contribution in [-0.4, -0.2) is 72.5 Å². The van der Waals surface area contributed by atoms with Gasteiger partial charge in [0.25, 0.3) is 0 Å². The van der Waals surface area contributed by atoms with E-state index in [-0.39, 0.29) is 12.2 Å². The van der Waals surface area contributed by atoms with Crippen molar-refractivity contribution in [2.75, 3.05) is 28.2 Å². The first-order chi connectivity index (χ1) is 8.43. The van der Waals surface area contributed by atoms with Gasteiger partial charge in [0.15, 0.2) is 0 Å². The van der Waals surface area contributed by atoms with Crippen molar-refractivity contribution in [3.05, 3.63) is 0 Å². The third-order valence-corrected chi connectivity index (χ3v) is 4.21. The number of aliphatic hydroxyl groups excluding tert-OH is 2. The maximum Gasteiger partial charge on any atom is 0.0695 e. The van der Waals surface area contributed by atoms with Crippen LogP contribution < -0.4 is 0 Å². The summed E-state index contributed by atoms with van der Waals surface area (Å²) in [6.07, 6.45) is 6.53. The Hall–Kier alpha value is -0.160. The summed E-state index contributed by atoms with van der Waals surface area (Å²) in [4.78, 5) is 4.22. The van der Waals surface area contributed by atoms with Crippen LogP contribution in [0.1, 0.15) is 38.5 Å². The molecule has 0 aromatic carbocycles. The summed E-state index contributed by atoms with van der Waals surface area (Å²) in [6, 6.07) is 0.843. The average Bonchev–Trinajstić information content (AvgIpc) is 2.87. The van der Waals surface area contributed by atoms with Gasteiger partial charge in [-0.15, -0.1) is 0 Å². The van der Waals surface area contributed by atoms with Crippen molar-refractivity contribution >= 4 is 0 Å². The van der Waals surface area contributed by atoms with E-state index in [0.717, 1.165) is 25.7 Å². The Morgan fingerprint density at radius 1 is 0.667 bits per heavy atom. The van der Waals surface area contributed by atoms with E-state index in [1.54, 1.807) is 0 Å². The fourth-order valence-electron chi connectivity index (χ4n) is 3.05. The summed E-state index contributed by atoms with van der Waals surface area (Å²) < 4.78 is 0. The number of nitrogens with zero attached hydrogens (tertiary/aromatic N) is 2. The van der Waals surface area contributed by atoms with Crippen LogP contribution in [0.3, 0.4) is 0 Å². The second-order valence-electron chi connectivity index (χ2n) is 6.06. The fourth-order valence-corrected chi connectivity index (χ4v) is 3.05. The topological polar surface area (TPSA) is 46.9 Å². The summed E-state index contributed by atoms with van der Waals surface area (Å²) in [5.41, 5.74) is 0. The lowest BCUT2D eigenvalue weighted by atomic mass is 10.2. The second-order valence-corrected chi connectivity index (χ2v) is 6.06. The SMILES string of the molecule is CN(C)[C@@H]1CCC[C@H]1O.CN(C)[C@H]1CCC[C@@H]1O. The van der Waals surface area contributed by atoms with Gasteiger partial charge in [-0.25, -0.2) is 0 Å². The number of hydrogen-bond acceptors (Lipinski definition) is 4. The molecule has 0 aromatic rings. The molecule has 0 aliphatic heterocycles. The molecule has 0 radical (unpaired) electrons. The Morgan fingerprint density at radius 3 is 1.11 bits per heavy atom. The van der Waals surface area contributed by atoms with Crippen molar-refractivity contribution in [2.24, 2.45) is 0 Å². The first-order valence-corrected chi connectivity index (χ1v) is 7.12. The fraction of sp³-hybridized carbons (Fsp3) is 1.00. The predicted molar refractivity (Wildman–Crippen MR) is 74.7 cm³/mol. The summed E-state index contributed by atoms with van der Waals surface area (Å²) in [5, 5.41) is 18.6. The van der Waals surface area contributed by atoms with E-state index in [1.165, 1.54) is 12.8 Å². The van der Waals surface area contributed by atoms with Crippen LogP contribution in [0.4, 0.5) is 0 Å². The Labute approximate surface area is 112 Å². The minimum atomic E-state index is -0.0694. The molecule has 2 fully saturated rings. The summed E-state index contributed by atoms with van der Waals surface area (Å²) in [7, 11) is 8.11. The van der Waals surface area contributed by atoms with Crippen molar-refractivity contribution in [3.8, 4) is 0 Å². The normalized spacial score (nSPS) is 36.0. The molecule has 2 aliphatic carbocycles. The molecular formula is C14H30N2O2. The van der Waals surface area contributed by atoms with E-state index in [2.05, 4.69) is 9.80 Å². The molecule has 4 heteroatoms. The van der Waals surface area contributed by atoms with Crippen molar-refractivity contribution in [3.63, 3.8) is 0 Å². The van der Waals surface area contributed by atoms with Crippen LogP contribution in [0.15, 0.2) is 0 Å². The lowest BCUT2D eigenvalue weighted by Gasteiger charge is -2.21. The maximum absolute atomic E-state index is 9.32. The van der Waals surface area contributed by atoms with E-state index < -0.39 is 0 Å². The minimum absolute atomic E-state index is 0.0694. The molecule has 0 saturated heterocycles. The molecule has 0 spiro atoms. The third kappa shape index (κ3) is 4.50.